The minimum absolute atomic E-state index is 0.0377. The highest BCUT2D eigenvalue weighted by atomic mass is 16.5. The second-order valence-corrected chi connectivity index (χ2v) is 6.10. The molecule has 0 atom stereocenters. The van der Waals surface area contributed by atoms with E-state index in [0.29, 0.717) is 5.69 Å². The first-order chi connectivity index (χ1) is 10.4. The van der Waals surface area contributed by atoms with Crippen LogP contribution in [0, 0.1) is 0 Å². The van der Waals surface area contributed by atoms with Gasteiger partial charge in [-0.05, 0) is 41.3 Å². The van der Waals surface area contributed by atoms with Gasteiger partial charge in [-0.25, -0.2) is 4.79 Å². The molecule has 0 aliphatic carbocycles. The van der Waals surface area contributed by atoms with Gasteiger partial charge >= 0.3 is 6.03 Å². The first-order valence-corrected chi connectivity index (χ1v) is 7.22. The van der Waals surface area contributed by atoms with Crippen molar-refractivity contribution in [2.24, 2.45) is 0 Å². The number of anilines is 2. The van der Waals surface area contributed by atoms with Crippen LogP contribution in [0.3, 0.4) is 0 Å². The zero-order valence-electron chi connectivity index (χ0n) is 13.4. The summed E-state index contributed by atoms with van der Waals surface area (Å²) in [6, 6.07) is 14.8. The summed E-state index contributed by atoms with van der Waals surface area (Å²) >= 11 is 0. The van der Waals surface area contributed by atoms with E-state index in [1.807, 2.05) is 24.3 Å². The summed E-state index contributed by atoms with van der Waals surface area (Å²) in [7, 11) is 1.61. The Morgan fingerprint density at radius 1 is 0.955 bits per heavy atom. The lowest BCUT2D eigenvalue weighted by Crippen LogP contribution is -2.22. The fourth-order valence-corrected chi connectivity index (χ4v) is 2.21. The SMILES string of the molecule is COc1ccc(NC(=O)Nc2ccccc2C(C)(C)C)cc1. The number of para-hydroxylation sites is 1. The largest absolute Gasteiger partial charge is 0.497 e. The number of methoxy groups -OCH3 is 1. The van der Waals surface area contributed by atoms with Crippen molar-refractivity contribution >= 4 is 17.4 Å². The van der Waals surface area contributed by atoms with Gasteiger partial charge in [0.2, 0.25) is 0 Å². The zero-order chi connectivity index (χ0) is 16.2. The van der Waals surface area contributed by atoms with Crippen LogP contribution in [0.15, 0.2) is 48.5 Å². The van der Waals surface area contributed by atoms with Gasteiger partial charge in [0.05, 0.1) is 7.11 Å². The Bertz CT molecular complexity index is 643. The summed E-state index contributed by atoms with van der Waals surface area (Å²) in [5.74, 6) is 0.754. The Balaban J connectivity index is 2.09. The van der Waals surface area contributed by atoms with Gasteiger partial charge in [-0.15, -0.1) is 0 Å². The summed E-state index contributed by atoms with van der Waals surface area (Å²) in [5, 5.41) is 5.73. The number of benzene rings is 2. The zero-order valence-corrected chi connectivity index (χ0v) is 13.4. The van der Waals surface area contributed by atoms with E-state index in [2.05, 4.69) is 31.4 Å². The molecule has 0 bridgehead atoms. The third kappa shape index (κ3) is 4.01. The van der Waals surface area contributed by atoms with Crippen LogP contribution in [0.2, 0.25) is 0 Å². The maximum absolute atomic E-state index is 12.2. The number of amides is 2. The lowest BCUT2D eigenvalue weighted by molar-refractivity contribution is 0.262. The molecule has 22 heavy (non-hydrogen) atoms. The van der Waals surface area contributed by atoms with Crippen LogP contribution in [0.4, 0.5) is 16.2 Å². The van der Waals surface area contributed by atoms with Gasteiger partial charge in [0.15, 0.2) is 0 Å². The van der Waals surface area contributed by atoms with Crippen LogP contribution in [0.25, 0.3) is 0 Å². The molecule has 116 valence electrons. The number of carbonyl (C=O) groups excluding carboxylic acids is 1. The second-order valence-electron chi connectivity index (χ2n) is 6.10. The molecule has 0 aromatic heterocycles. The van der Waals surface area contributed by atoms with Crippen molar-refractivity contribution < 1.29 is 9.53 Å². The quantitative estimate of drug-likeness (QED) is 0.867. The van der Waals surface area contributed by atoms with E-state index in [9.17, 15) is 4.79 Å². The molecular weight excluding hydrogens is 276 g/mol. The molecule has 2 aromatic carbocycles. The van der Waals surface area contributed by atoms with Gasteiger partial charge in [-0.2, -0.15) is 0 Å². The first-order valence-electron chi connectivity index (χ1n) is 7.22. The van der Waals surface area contributed by atoms with E-state index in [-0.39, 0.29) is 11.4 Å². The van der Waals surface area contributed by atoms with E-state index < -0.39 is 0 Å². The predicted molar refractivity (Wildman–Crippen MR) is 90.8 cm³/mol. The summed E-state index contributed by atoms with van der Waals surface area (Å²) in [6.07, 6.45) is 0. The van der Waals surface area contributed by atoms with Crippen molar-refractivity contribution in [3.05, 3.63) is 54.1 Å². The normalized spacial score (nSPS) is 10.9. The first kappa shape index (κ1) is 15.9. The molecule has 0 unspecified atom stereocenters. The number of urea groups is 1. The Hall–Kier alpha value is -2.49. The Morgan fingerprint density at radius 3 is 2.18 bits per heavy atom. The molecular formula is C18H22N2O2. The molecule has 2 N–H and O–H groups in total. The monoisotopic (exact) mass is 298 g/mol. The number of rotatable bonds is 3. The van der Waals surface area contributed by atoms with Crippen LogP contribution in [-0.2, 0) is 5.41 Å². The van der Waals surface area contributed by atoms with Crippen LogP contribution >= 0.6 is 0 Å². The third-order valence-corrected chi connectivity index (χ3v) is 3.33. The summed E-state index contributed by atoms with van der Waals surface area (Å²) in [6.45, 7) is 6.36. The minimum Gasteiger partial charge on any atom is -0.497 e. The lowest BCUT2D eigenvalue weighted by Gasteiger charge is -2.23. The maximum atomic E-state index is 12.2. The molecule has 0 aliphatic rings. The molecule has 2 rings (SSSR count). The molecule has 0 spiro atoms. The van der Waals surface area contributed by atoms with Crippen LogP contribution in [-0.4, -0.2) is 13.1 Å². The molecule has 0 radical (unpaired) electrons. The van der Waals surface area contributed by atoms with Crippen LogP contribution in [0.5, 0.6) is 5.75 Å². The molecule has 0 heterocycles. The molecule has 0 fully saturated rings. The van der Waals surface area contributed by atoms with E-state index in [4.69, 9.17) is 4.74 Å². The standard InChI is InChI=1S/C18H22N2O2/c1-18(2,3)15-7-5-6-8-16(15)20-17(21)19-13-9-11-14(22-4)12-10-13/h5-12H,1-4H3,(H2,19,20,21). The summed E-state index contributed by atoms with van der Waals surface area (Å²) in [5.41, 5.74) is 2.59. The van der Waals surface area contributed by atoms with Crippen LogP contribution < -0.4 is 15.4 Å². The summed E-state index contributed by atoms with van der Waals surface area (Å²) < 4.78 is 5.09. The van der Waals surface area contributed by atoms with Gasteiger partial charge in [0.1, 0.15) is 5.75 Å². The van der Waals surface area contributed by atoms with Gasteiger partial charge in [-0.3, -0.25) is 0 Å². The topological polar surface area (TPSA) is 50.4 Å². The van der Waals surface area contributed by atoms with Crippen molar-refractivity contribution in [2.75, 3.05) is 17.7 Å². The van der Waals surface area contributed by atoms with Crippen LogP contribution in [0.1, 0.15) is 26.3 Å². The molecule has 2 amide bonds. The fraction of sp³-hybridized carbons (Fsp3) is 0.278. The number of carbonyl (C=O) groups is 1. The lowest BCUT2D eigenvalue weighted by atomic mass is 9.86. The fourth-order valence-electron chi connectivity index (χ4n) is 2.21. The van der Waals surface area contributed by atoms with Gasteiger partial charge in [0.25, 0.3) is 0 Å². The Morgan fingerprint density at radius 2 is 1.59 bits per heavy atom. The van der Waals surface area contributed by atoms with Crippen molar-refractivity contribution in [1.82, 2.24) is 0 Å². The van der Waals surface area contributed by atoms with Gasteiger partial charge < -0.3 is 15.4 Å². The van der Waals surface area contributed by atoms with E-state index in [0.717, 1.165) is 17.0 Å². The average molecular weight is 298 g/mol. The highest BCUT2D eigenvalue weighted by Gasteiger charge is 2.18. The summed E-state index contributed by atoms with van der Waals surface area (Å²) in [4.78, 5) is 12.2. The van der Waals surface area contributed by atoms with E-state index in [1.54, 1.807) is 31.4 Å². The van der Waals surface area contributed by atoms with Gasteiger partial charge in [0, 0.05) is 11.4 Å². The molecule has 0 aliphatic heterocycles. The number of hydrogen-bond donors (Lipinski definition) is 2. The third-order valence-electron chi connectivity index (χ3n) is 3.33. The van der Waals surface area contributed by atoms with Gasteiger partial charge in [-0.1, -0.05) is 39.0 Å². The molecule has 0 saturated heterocycles. The van der Waals surface area contributed by atoms with Crippen molar-refractivity contribution in [1.29, 1.82) is 0 Å². The number of ether oxygens (including phenoxy) is 1. The van der Waals surface area contributed by atoms with E-state index in [1.165, 1.54) is 0 Å². The Labute approximate surface area is 131 Å². The highest BCUT2D eigenvalue weighted by Crippen LogP contribution is 2.29. The minimum atomic E-state index is -0.262. The maximum Gasteiger partial charge on any atom is 0.323 e. The van der Waals surface area contributed by atoms with E-state index >= 15 is 0 Å². The second kappa shape index (κ2) is 6.52. The van der Waals surface area contributed by atoms with Crippen molar-refractivity contribution in [2.45, 2.75) is 26.2 Å². The van der Waals surface area contributed by atoms with Crippen molar-refractivity contribution in [3.63, 3.8) is 0 Å². The smallest absolute Gasteiger partial charge is 0.323 e. The highest BCUT2D eigenvalue weighted by molar-refractivity contribution is 6.00. The molecule has 4 nitrogen and oxygen atoms in total. The number of hydrogen-bond acceptors (Lipinski definition) is 2. The molecule has 4 heteroatoms. The predicted octanol–water partition coefficient (Wildman–Crippen LogP) is 4.64. The average Bonchev–Trinajstić information content (AvgIpc) is 2.47. The van der Waals surface area contributed by atoms with Crippen molar-refractivity contribution in [3.8, 4) is 5.75 Å². The molecule has 2 aromatic rings. The Kier molecular flexibility index (Phi) is 4.71. The molecule has 0 saturated carbocycles. The number of nitrogens with one attached hydrogen (secondary N) is 2.